The number of amides is 4. The summed E-state index contributed by atoms with van der Waals surface area (Å²) in [6, 6.07) is 14.4. The second-order valence-corrected chi connectivity index (χ2v) is 8.69. The Morgan fingerprint density at radius 1 is 1.16 bits per heavy atom. The normalized spacial score (nSPS) is 18.7. The molecule has 0 aliphatic carbocycles. The highest BCUT2D eigenvalue weighted by atomic mass is 16.2. The second kappa shape index (κ2) is 9.94. The molecule has 7 heteroatoms. The smallest absolute Gasteiger partial charge is 0.324 e. The summed E-state index contributed by atoms with van der Waals surface area (Å²) in [4.78, 5) is 44.0. The Labute approximate surface area is 188 Å². The maximum atomic E-state index is 12.8. The number of piperidine rings is 1. The zero-order valence-corrected chi connectivity index (χ0v) is 18.5. The van der Waals surface area contributed by atoms with Crippen LogP contribution in [0.25, 0.3) is 0 Å². The zero-order chi connectivity index (χ0) is 22.5. The number of imide groups is 1. The van der Waals surface area contributed by atoms with Crippen molar-refractivity contribution >= 4 is 17.8 Å². The molecule has 168 valence electrons. The Balaban J connectivity index is 1.35. The van der Waals surface area contributed by atoms with Crippen molar-refractivity contribution in [3.63, 3.8) is 0 Å². The van der Waals surface area contributed by atoms with Crippen LogP contribution in [0.2, 0.25) is 0 Å². The molecule has 1 atom stereocenters. The van der Waals surface area contributed by atoms with Gasteiger partial charge < -0.3 is 10.2 Å². The molecule has 0 spiro atoms. The number of aromatic nitrogens is 1. The van der Waals surface area contributed by atoms with Crippen LogP contribution in [0.5, 0.6) is 0 Å². The number of nitrogens with zero attached hydrogens (tertiary/aromatic N) is 3. The number of benzene rings is 1. The Morgan fingerprint density at radius 3 is 2.72 bits per heavy atom. The Bertz CT molecular complexity index is 976. The number of nitrogens with one attached hydrogen (secondary N) is 1. The van der Waals surface area contributed by atoms with E-state index in [4.69, 9.17) is 4.98 Å². The van der Waals surface area contributed by atoms with Gasteiger partial charge >= 0.3 is 6.03 Å². The highest BCUT2D eigenvalue weighted by molar-refractivity contribution is 6.01. The summed E-state index contributed by atoms with van der Waals surface area (Å²) >= 11 is 0. The van der Waals surface area contributed by atoms with Crippen LogP contribution in [0, 0.1) is 6.92 Å². The van der Waals surface area contributed by atoms with Crippen LogP contribution in [0.15, 0.2) is 42.5 Å². The van der Waals surface area contributed by atoms with E-state index in [-0.39, 0.29) is 36.9 Å². The first-order chi connectivity index (χ1) is 15.5. The van der Waals surface area contributed by atoms with Crippen LogP contribution in [-0.2, 0) is 16.0 Å². The van der Waals surface area contributed by atoms with Crippen LogP contribution < -0.4 is 5.32 Å². The molecule has 0 radical (unpaired) electrons. The summed E-state index contributed by atoms with van der Waals surface area (Å²) in [5.41, 5.74) is 4.59. The van der Waals surface area contributed by atoms with Gasteiger partial charge in [0.25, 0.3) is 0 Å². The van der Waals surface area contributed by atoms with Crippen LogP contribution in [-0.4, -0.2) is 58.8 Å². The molecule has 2 fully saturated rings. The van der Waals surface area contributed by atoms with E-state index in [0.29, 0.717) is 19.4 Å². The third-order valence-corrected chi connectivity index (χ3v) is 6.19. The van der Waals surface area contributed by atoms with Crippen molar-refractivity contribution in [2.24, 2.45) is 0 Å². The fourth-order valence-corrected chi connectivity index (χ4v) is 4.58. The van der Waals surface area contributed by atoms with E-state index in [1.54, 1.807) is 0 Å². The molecular formula is C25H30N4O3. The van der Waals surface area contributed by atoms with Gasteiger partial charge in [0.15, 0.2) is 0 Å². The van der Waals surface area contributed by atoms with Gasteiger partial charge in [0.05, 0.1) is 6.54 Å². The molecule has 2 aromatic rings. The zero-order valence-electron chi connectivity index (χ0n) is 18.5. The van der Waals surface area contributed by atoms with Gasteiger partial charge in [-0.25, -0.2) is 4.79 Å². The largest absolute Gasteiger partial charge is 0.342 e. The van der Waals surface area contributed by atoms with Gasteiger partial charge in [-0.2, -0.15) is 0 Å². The molecule has 4 amide bonds. The Kier molecular flexibility index (Phi) is 6.83. The molecule has 0 saturated carbocycles. The van der Waals surface area contributed by atoms with Crippen molar-refractivity contribution in [3.05, 3.63) is 65.0 Å². The molecule has 32 heavy (non-hydrogen) atoms. The van der Waals surface area contributed by atoms with Gasteiger partial charge in [-0.1, -0.05) is 30.3 Å². The maximum absolute atomic E-state index is 12.8. The van der Waals surface area contributed by atoms with Crippen molar-refractivity contribution < 1.29 is 14.4 Å². The van der Waals surface area contributed by atoms with Crippen LogP contribution in [0.3, 0.4) is 0 Å². The quantitative estimate of drug-likeness (QED) is 0.679. The van der Waals surface area contributed by atoms with Gasteiger partial charge in [0.1, 0.15) is 0 Å². The summed E-state index contributed by atoms with van der Waals surface area (Å²) in [5, 5.41) is 2.50. The number of likely N-dealkylation sites (tertiary alicyclic amines) is 1. The average Bonchev–Trinajstić information content (AvgIpc) is 3.11. The third-order valence-electron chi connectivity index (χ3n) is 6.19. The first-order valence-corrected chi connectivity index (χ1v) is 11.4. The van der Waals surface area contributed by atoms with E-state index in [0.717, 1.165) is 37.2 Å². The first kappa shape index (κ1) is 22.0. The molecule has 1 aromatic heterocycles. The number of hydrogen-bond donors (Lipinski definition) is 1. The topological polar surface area (TPSA) is 82.6 Å². The fourth-order valence-electron chi connectivity index (χ4n) is 4.58. The molecule has 1 unspecified atom stereocenters. The summed E-state index contributed by atoms with van der Waals surface area (Å²) in [5.74, 6) is 0.0873. The maximum Gasteiger partial charge on any atom is 0.324 e. The van der Waals surface area contributed by atoms with Crippen molar-refractivity contribution in [1.29, 1.82) is 0 Å². The number of carbonyl (C=O) groups is 3. The number of urea groups is 1. The summed E-state index contributed by atoms with van der Waals surface area (Å²) in [6.07, 6.45) is 3.67. The van der Waals surface area contributed by atoms with Gasteiger partial charge in [0, 0.05) is 43.4 Å². The van der Waals surface area contributed by atoms with Crippen LogP contribution in [0.1, 0.15) is 54.1 Å². The van der Waals surface area contributed by atoms with E-state index in [9.17, 15) is 14.4 Å². The molecule has 1 N–H and O–H groups in total. The summed E-state index contributed by atoms with van der Waals surface area (Å²) < 4.78 is 0. The minimum Gasteiger partial charge on any atom is -0.342 e. The number of rotatable bonds is 7. The average molecular weight is 435 g/mol. The fraction of sp³-hybridized carbons (Fsp3) is 0.440. The van der Waals surface area contributed by atoms with E-state index in [2.05, 4.69) is 41.7 Å². The number of hydrogen-bond acceptors (Lipinski definition) is 4. The SMILES string of the molecule is Cc1cc(Cc2ccccc2)cc(C2CCCN(C(=O)CCCN3C(=O)CNC3=O)C2)n1. The van der Waals surface area contributed by atoms with Crippen LogP contribution >= 0.6 is 0 Å². The number of aryl methyl sites for hydroxylation is 1. The molecule has 2 aliphatic heterocycles. The minimum absolute atomic E-state index is 0.0519. The lowest BCUT2D eigenvalue weighted by molar-refractivity contribution is -0.133. The van der Waals surface area contributed by atoms with Crippen molar-refractivity contribution in [2.45, 2.75) is 44.9 Å². The number of carbonyl (C=O) groups excluding carboxylic acids is 3. The molecule has 3 heterocycles. The van der Waals surface area contributed by atoms with Crippen LogP contribution in [0.4, 0.5) is 4.79 Å². The predicted octanol–water partition coefficient (Wildman–Crippen LogP) is 3.02. The van der Waals surface area contributed by atoms with E-state index in [1.165, 1.54) is 16.0 Å². The van der Waals surface area contributed by atoms with Gasteiger partial charge in [0.2, 0.25) is 11.8 Å². The van der Waals surface area contributed by atoms with E-state index < -0.39 is 0 Å². The van der Waals surface area contributed by atoms with Crippen molar-refractivity contribution in [2.75, 3.05) is 26.2 Å². The Hall–Kier alpha value is -3.22. The third kappa shape index (κ3) is 5.33. The first-order valence-electron chi connectivity index (χ1n) is 11.4. The molecule has 1 aromatic carbocycles. The molecule has 0 bridgehead atoms. The van der Waals surface area contributed by atoms with Crippen molar-refractivity contribution in [1.82, 2.24) is 20.1 Å². The monoisotopic (exact) mass is 434 g/mol. The van der Waals surface area contributed by atoms with Crippen molar-refractivity contribution in [3.8, 4) is 0 Å². The van der Waals surface area contributed by atoms with Gasteiger partial charge in [-0.15, -0.1) is 0 Å². The molecule has 4 rings (SSSR count). The summed E-state index contributed by atoms with van der Waals surface area (Å²) in [6.45, 7) is 3.79. The van der Waals surface area contributed by atoms with Gasteiger partial charge in [-0.05, 0) is 55.9 Å². The molecule has 7 nitrogen and oxygen atoms in total. The van der Waals surface area contributed by atoms with Gasteiger partial charge in [-0.3, -0.25) is 19.5 Å². The summed E-state index contributed by atoms with van der Waals surface area (Å²) in [7, 11) is 0. The highest BCUT2D eigenvalue weighted by Crippen LogP contribution is 2.27. The van der Waals surface area contributed by atoms with E-state index >= 15 is 0 Å². The lowest BCUT2D eigenvalue weighted by Crippen LogP contribution is -2.40. The lowest BCUT2D eigenvalue weighted by Gasteiger charge is -2.33. The Morgan fingerprint density at radius 2 is 1.97 bits per heavy atom. The molecule has 2 saturated heterocycles. The number of pyridine rings is 1. The molecule has 2 aliphatic rings. The van der Waals surface area contributed by atoms with E-state index in [1.807, 2.05) is 17.9 Å². The highest BCUT2D eigenvalue weighted by Gasteiger charge is 2.29. The standard InChI is InChI=1S/C25H30N4O3/c1-18-13-20(14-19-7-3-2-4-8-19)15-22(27-18)21-9-5-11-28(17-21)23(30)10-6-12-29-24(31)16-26-25(29)32/h2-4,7-8,13,15,21H,5-6,9-12,14,16-17H2,1H3,(H,26,32). The molecular weight excluding hydrogens is 404 g/mol. The second-order valence-electron chi connectivity index (χ2n) is 8.69. The predicted molar refractivity (Wildman–Crippen MR) is 121 cm³/mol. The minimum atomic E-state index is -0.364. The lowest BCUT2D eigenvalue weighted by atomic mass is 9.92.